The van der Waals surface area contributed by atoms with Crippen LogP contribution in [0.3, 0.4) is 0 Å². The lowest BCUT2D eigenvalue weighted by Crippen LogP contribution is -2.53. The van der Waals surface area contributed by atoms with Gasteiger partial charge in [0, 0.05) is 31.7 Å². The highest BCUT2D eigenvalue weighted by Crippen LogP contribution is 2.29. The summed E-state index contributed by atoms with van der Waals surface area (Å²) in [7, 11) is 0. The van der Waals surface area contributed by atoms with Gasteiger partial charge in [0.15, 0.2) is 0 Å². The molecule has 0 amide bonds. The van der Waals surface area contributed by atoms with E-state index in [4.69, 9.17) is 0 Å². The molecule has 0 N–H and O–H groups in total. The monoisotopic (exact) mass is 236 g/mol. The first kappa shape index (κ1) is 12.0. The van der Waals surface area contributed by atoms with Gasteiger partial charge in [0.05, 0.1) is 0 Å². The Balaban J connectivity index is 1.57. The summed E-state index contributed by atoms with van der Waals surface area (Å²) in [4.78, 5) is 5.57. The summed E-state index contributed by atoms with van der Waals surface area (Å²) in [5.41, 5.74) is 0. The van der Waals surface area contributed by atoms with Gasteiger partial charge in [0.25, 0.3) is 0 Å². The molecular formula is C15H28N2. The minimum atomic E-state index is 0.907. The van der Waals surface area contributed by atoms with Gasteiger partial charge in [-0.2, -0.15) is 0 Å². The first-order valence-electron chi connectivity index (χ1n) is 7.81. The van der Waals surface area contributed by atoms with Crippen LogP contribution in [0.4, 0.5) is 0 Å². The number of fused-ring (bicyclic) bond motifs is 1. The molecule has 17 heavy (non-hydrogen) atoms. The van der Waals surface area contributed by atoms with E-state index in [2.05, 4.69) is 16.7 Å². The van der Waals surface area contributed by atoms with E-state index in [0.717, 1.165) is 18.0 Å². The average molecular weight is 236 g/mol. The Kier molecular flexibility index (Phi) is 3.72. The van der Waals surface area contributed by atoms with Gasteiger partial charge in [-0.15, -0.1) is 0 Å². The number of rotatable bonds is 1. The molecule has 3 rings (SSSR count). The molecule has 3 aliphatic rings. The predicted octanol–water partition coefficient (Wildman–Crippen LogP) is 2.74. The summed E-state index contributed by atoms with van der Waals surface area (Å²) < 4.78 is 0. The van der Waals surface area contributed by atoms with Gasteiger partial charge in [-0.3, -0.25) is 9.80 Å². The molecule has 1 saturated carbocycles. The van der Waals surface area contributed by atoms with E-state index in [-0.39, 0.29) is 0 Å². The smallest absolute Gasteiger partial charge is 0.0224 e. The van der Waals surface area contributed by atoms with Crippen molar-refractivity contribution >= 4 is 0 Å². The quantitative estimate of drug-likeness (QED) is 0.646. The van der Waals surface area contributed by atoms with Crippen LogP contribution in [0.5, 0.6) is 0 Å². The molecule has 98 valence electrons. The van der Waals surface area contributed by atoms with Crippen LogP contribution in [0, 0.1) is 5.92 Å². The molecule has 0 bridgehead atoms. The van der Waals surface area contributed by atoms with Crippen LogP contribution in [0.15, 0.2) is 0 Å². The zero-order valence-corrected chi connectivity index (χ0v) is 11.4. The molecule has 3 atom stereocenters. The third kappa shape index (κ3) is 2.68. The zero-order chi connectivity index (χ0) is 11.7. The molecule has 0 aromatic rings. The third-order valence-corrected chi connectivity index (χ3v) is 5.36. The summed E-state index contributed by atoms with van der Waals surface area (Å²) in [6.45, 7) is 7.88. The summed E-state index contributed by atoms with van der Waals surface area (Å²) in [5, 5.41) is 0. The molecule has 0 aromatic heterocycles. The largest absolute Gasteiger partial charge is 0.298 e. The molecule has 0 radical (unpaired) electrons. The second-order valence-electron chi connectivity index (χ2n) is 6.59. The van der Waals surface area contributed by atoms with E-state index in [1.165, 1.54) is 71.1 Å². The van der Waals surface area contributed by atoms with E-state index in [0.29, 0.717) is 0 Å². The zero-order valence-electron chi connectivity index (χ0n) is 11.4. The van der Waals surface area contributed by atoms with Crippen molar-refractivity contribution in [2.45, 2.75) is 64.0 Å². The van der Waals surface area contributed by atoms with Gasteiger partial charge < -0.3 is 0 Å². The van der Waals surface area contributed by atoms with Crippen molar-refractivity contribution < 1.29 is 0 Å². The first-order chi connectivity index (χ1) is 8.33. The molecular weight excluding hydrogens is 208 g/mol. The highest BCUT2D eigenvalue weighted by molar-refractivity contribution is 4.90. The number of piperazine rings is 1. The van der Waals surface area contributed by atoms with Gasteiger partial charge >= 0.3 is 0 Å². The van der Waals surface area contributed by atoms with E-state index in [9.17, 15) is 0 Å². The molecule has 3 unspecified atom stereocenters. The van der Waals surface area contributed by atoms with Gasteiger partial charge in [-0.25, -0.2) is 0 Å². The Labute approximate surface area is 106 Å². The lowest BCUT2D eigenvalue weighted by molar-refractivity contribution is 0.0654. The van der Waals surface area contributed by atoms with Crippen LogP contribution >= 0.6 is 0 Å². The summed E-state index contributed by atoms with van der Waals surface area (Å²) in [6.07, 6.45) is 10.2. The average Bonchev–Trinajstić information content (AvgIpc) is 2.70. The van der Waals surface area contributed by atoms with E-state index < -0.39 is 0 Å². The Morgan fingerprint density at radius 1 is 0.706 bits per heavy atom. The fraction of sp³-hybridized carbons (Fsp3) is 1.00. The highest BCUT2D eigenvalue weighted by atomic mass is 15.3. The van der Waals surface area contributed by atoms with Gasteiger partial charge in [-0.1, -0.05) is 19.8 Å². The second-order valence-corrected chi connectivity index (χ2v) is 6.59. The van der Waals surface area contributed by atoms with Crippen LogP contribution in [0.2, 0.25) is 0 Å². The van der Waals surface area contributed by atoms with Crippen molar-refractivity contribution in [1.29, 1.82) is 0 Å². The minimum Gasteiger partial charge on any atom is -0.298 e. The fourth-order valence-corrected chi connectivity index (χ4v) is 4.18. The Bertz CT molecular complexity index is 253. The van der Waals surface area contributed by atoms with Crippen LogP contribution < -0.4 is 0 Å². The normalized spacial score (nSPS) is 41.1. The van der Waals surface area contributed by atoms with Crippen LogP contribution in [0.1, 0.15) is 51.9 Å². The van der Waals surface area contributed by atoms with Gasteiger partial charge in [-0.05, 0) is 44.6 Å². The Morgan fingerprint density at radius 2 is 1.53 bits per heavy atom. The van der Waals surface area contributed by atoms with Crippen LogP contribution in [-0.2, 0) is 0 Å². The lowest BCUT2D eigenvalue weighted by atomic mass is 10.0. The Morgan fingerprint density at radius 3 is 2.47 bits per heavy atom. The maximum atomic E-state index is 2.84. The second kappa shape index (κ2) is 5.27. The molecule has 2 saturated heterocycles. The molecule has 2 heteroatoms. The van der Waals surface area contributed by atoms with Gasteiger partial charge in [0.2, 0.25) is 0 Å². The van der Waals surface area contributed by atoms with Crippen molar-refractivity contribution in [3.05, 3.63) is 0 Å². The maximum Gasteiger partial charge on any atom is 0.0224 e. The lowest BCUT2D eigenvalue weighted by Gasteiger charge is -2.41. The molecule has 2 heterocycles. The topological polar surface area (TPSA) is 6.48 Å². The molecule has 0 spiro atoms. The fourth-order valence-electron chi connectivity index (χ4n) is 4.18. The van der Waals surface area contributed by atoms with Crippen molar-refractivity contribution in [3.8, 4) is 0 Å². The minimum absolute atomic E-state index is 0.907. The van der Waals surface area contributed by atoms with Crippen molar-refractivity contribution in [1.82, 2.24) is 9.80 Å². The number of hydrogen-bond donors (Lipinski definition) is 0. The van der Waals surface area contributed by atoms with Crippen molar-refractivity contribution in [3.63, 3.8) is 0 Å². The van der Waals surface area contributed by atoms with E-state index in [1.807, 2.05) is 0 Å². The molecule has 0 aromatic carbocycles. The highest BCUT2D eigenvalue weighted by Gasteiger charge is 2.33. The van der Waals surface area contributed by atoms with E-state index in [1.54, 1.807) is 0 Å². The SMILES string of the molecule is CC1CCCC(N2CCN3CCCC3C2)CC1. The first-order valence-corrected chi connectivity index (χ1v) is 7.81. The van der Waals surface area contributed by atoms with Crippen molar-refractivity contribution in [2.75, 3.05) is 26.2 Å². The summed E-state index contributed by atoms with van der Waals surface area (Å²) in [6, 6.07) is 1.83. The Hall–Kier alpha value is -0.0800. The van der Waals surface area contributed by atoms with Crippen molar-refractivity contribution in [2.24, 2.45) is 5.92 Å². The number of hydrogen-bond acceptors (Lipinski definition) is 2. The molecule has 2 nitrogen and oxygen atoms in total. The predicted molar refractivity (Wildman–Crippen MR) is 72.2 cm³/mol. The van der Waals surface area contributed by atoms with Gasteiger partial charge in [0.1, 0.15) is 0 Å². The molecule has 1 aliphatic carbocycles. The van der Waals surface area contributed by atoms with Crippen LogP contribution in [0.25, 0.3) is 0 Å². The van der Waals surface area contributed by atoms with E-state index >= 15 is 0 Å². The standard InChI is InChI=1S/C15H28N2/c1-13-4-2-5-14(8-7-13)17-11-10-16-9-3-6-15(16)12-17/h13-15H,2-12H2,1H3. The molecule has 2 aliphatic heterocycles. The third-order valence-electron chi connectivity index (χ3n) is 5.36. The molecule has 3 fully saturated rings. The maximum absolute atomic E-state index is 2.84. The van der Waals surface area contributed by atoms with Crippen LogP contribution in [-0.4, -0.2) is 48.1 Å². The summed E-state index contributed by atoms with van der Waals surface area (Å²) >= 11 is 0. The number of nitrogens with zero attached hydrogens (tertiary/aromatic N) is 2. The summed E-state index contributed by atoms with van der Waals surface area (Å²) in [5.74, 6) is 0.979.